The molecule has 0 saturated carbocycles. The van der Waals surface area contributed by atoms with E-state index in [2.05, 4.69) is 6.92 Å². The molecule has 0 aliphatic heterocycles. The van der Waals surface area contributed by atoms with Gasteiger partial charge in [-0.1, -0.05) is 13.3 Å². The molecule has 0 radical (unpaired) electrons. The molecule has 0 fully saturated rings. The van der Waals surface area contributed by atoms with Gasteiger partial charge in [-0.3, -0.25) is 0 Å². The summed E-state index contributed by atoms with van der Waals surface area (Å²) in [7, 11) is 2.68. The molecule has 0 aromatic heterocycles. The van der Waals surface area contributed by atoms with E-state index in [0.717, 1.165) is 12.5 Å². The predicted molar refractivity (Wildman–Crippen MR) is 52.3 cm³/mol. The second-order valence-corrected chi connectivity index (χ2v) is 5.14. The lowest BCUT2D eigenvalue weighted by atomic mass is 10.6. The molecule has 11 heavy (non-hydrogen) atoms. The van der Waals surface area contributed by atoms with Gasteiger partial charge in [0.05, 0.1) is 0 Å². The van der Waals surface area contributed by atoms with E-state index < -0.39 is 8.80 Å². The highest BCUT2D eigenvalue weighted by molar-refractivity contribution is 7.59. The minimum atomic E-state index is -2.22. The van der Waals surface area contributed by atoms with Gasteiger partial charge < -0.3 is 13.3 Å². The van der Waals surface area contributed by atoms with Crippen LogP contribution in [0.1, 0.15) is 13.3 Å². The van der Waals surface area contributed by atoms with Crippen molar-refractivity contribution < 1.29 is 13.3 Å². The van der Waals surface area contributed by atoms with Gasteiger partial charge in [0.1, 0.15) is 0 Å². The third kappa shape index (κ3) is 4.12. The molecular formula is C6H18O3SSi. The molecule has 5 heteroatoms. The topological polar surface area (TPSA) is 27.7 Å². The zero-order valence-corrected chi connectivity index (χ0v) is 9.64. The molecule has 70 valence electrons. The molecule has 0 N–H and O–H groups in total. The summed E-state index contributed by atoms with van der Waals surface area (Å²) < 4.78 is 15.5. The molecule has 0 spiro atoms. The summed E-state index contributed by atoms with van der Waals surface area (Å²) in [6.45, 7) is 2.08. The second-order valence-electron chi connectivity index (χ2n) is 2.05. The van der Waals surface area contributed by atoms with Crippen molar-refractivity contribution in [1.82, 2.24) is 0 Å². The fourth-order valence-corrected chi connectivity index (χ4v) is 2.59. The summed E-state index contributed by atoms with van der Waals surface area (Å²) in [5, 5.41) is 0. The standard InChI is InChI=1S/C6H16O3Si.H2S/c1-5-6-10(7-2,8-3)9-4;/h5-6H2,1-4H3;1H2. The summed E-state index contributed by atoms with van der Waals surface area (Å²) in [5.41, 5.74) is 0. The van der Waals surface area contributed by atoms with Crippen molar-refractivity contribution >= 4 is 22.3 Å². The molecule has 0 aromatic rings. The highest BCUT2D eigenvalue weighted by Crippen LogP contribution is 2.13. The second kappa shape index (κ2) is 7.12. The Kier molecular flexibility index (Phi) is 9.05. The first kappa shape index (κ1) is 14.0. The van der Waals surface area contributed by atoms with E-state index in [1.807, 2.05) is 0 Å². The van der Waals surface area contributed by atoms with Crippen LogP contribution in [0.3, 0.4) is 0 Å². The fraction of sp³-hybridized carbons (Fsp3) is 1.00. The van der Waals surface area contributed by atoms with E-state index in [4.69, 9.17) is 13.3 Å². The Bertz CT molecular complexity index is 79.6. The zero-order chi connectivity index (χ0) is 8.04. The molecule has 0 rings (SSSR count). The summed E-state index contributed by atoms with van der Waals surface area (Å²) in [6.07, 6.45) is 1.03. The van der Waals surface area contributed by atoms with Crippen LogP contribution in [0.5, 0.6) is 0 Å². The van der Waals surface area contributed by atoms with Gasteiger partial charge in [0, 0.05) is 27.4 Å². The highest BCUT2D eigenvalue weighted by Gasteiger charge is 2.36. The highest BCUT2D eigenvalue weighted by atomic mass is 32.1. The lowest BCUT2D eigenvalue weighted by molar-refractivity contribution is 0.123. The summed E-state index contributed by atoms with van der Waals surface area (Å²) in [5.74, 6) is 0. The van der Waals surface area contributed by atoms with Crippen molar-refractivity contribution in [2.24, 2.45) is 0 Å². The van der Waals surface area contributed by atoms with Gasteiger partial charge in [0.25, 0.3) is 0 Å². The molecule has 0 unspecified atom stereocenters. The van der Waals surface area contributed by atoms with E-state index in [9.17, 15) is 0 Å². The van der Waals surface area contributed by atoms with Gasteiger partial charge in [0.2, 0.25) is 0 Å². The Morgan fingerprint density at radius 3 is 1.45 bits per heavy atom. The predicted octanol–water partition coefficient (Wildman–Crippen LogP) is 1.39. The van der Waals surface area contributed by atoms with Crippen molar-refractivity contribution in [1.29, 1.82) is 0 Å². The van der Waals surface area contributed by atoms with Crippen LogP contribution in [0, 0.1) is 0 Å². The first-order chi connectivity index (χ1) is 4.74. The van der Waals surface area contributed by atoms with E-state index in [1.54, 1.807) is 21.3 Å². The Hall–Kier alpha value is 0.447. The van der Waals surface area contributed by atoms with Gasteiger partial charge in [-0.25, -0.2) is 0 Å². The third-order valence-corrected chi connectivity index (χ3v) is 4.47. The van der Waals surface area contributed by atoms with Crippen molar-refractivity contribution in [3.05, 3.63) is 0 Å². The first-order valence-electron chi connectivity index (χ1n) is 3.40. The molecule has 0 saturated heterocycles. The van der Waals surface area contributed by atoms with Crippen molar-refractivity contribution in [2.45, 2.75) is 19.4 Å². The van der Waals surface area contributed by atoms with Crippen LogP contribution in [0.4, 0.5) is 0 Å². The maximum Gasteiger partial charge on any atom is 0.500 e. The van der Waals surface area contributed by atoms with Crippen LogP contribution in [0.15, 0.2) is 0 Å². The van der Waals surface area contributed by atoms with E-state index in [-0.39, 0.29) is 13.5 Å². The fourth-order valence-electron chi connectivity index (χ4n) is 0.862. The summed E-state index contributed by atoms with van der Waals surface area (Å²) in [4.78, 5) is 0. The Morgan fingerprint density at radius 2 is 1.36 bits per heavy atom. The van der Waals surface area contributed by atoms with E-state index in [1.165, 1.54) is 0 Å². The molecule has 0 bridgehead atoms. The van der Waals surface area contributed by atoms with Crippen LogP contribution in [0.2, 0.25) is 6.04 Å². The number of hydrogen-bond donors (Lipinski definition) is 0. The maximum absolute atomic E-state index is 5.17. The van der Waals surface area contributed by atoms with Crippen LogP contribution in [0.25, 0.3) is 0 Å². The largest absolute Gasteiger partial charge is 0.500 e. The van der Waals surface area contributed by atoms with Crippen molar-refractivity contribution in [3.63, 3.8) is 0 Å². The van der Waals surface area contributed by atoms with E-state index in [0.29, 0.717) is 0 Å². The Morgan fingerprint density at radius 1 is 1.00 bits per heavy atom. The van der Waals surface area contributed by atoms with Gasteiger partial charge in [-0.2, -0.15) is 13.5 Å². The van der Waals surface area contributed by atoms with E-state index >= 15 is 0 Å². The van der Waals surface area contributed by atoms with Gasteiger partial charge in [-0.15, -0.1) is 0 Å². The minimum absolute atomic E-state index is 0. The molecule has 0 aliphatic rings. The molecule has 3 nitrogen and oxygen atoms in total. The Labute approximate surface area is 76.8 Å². The molecule has 0 atom stereocenters. The molecule has 0 aliphatic carbocycles. The summed E-state index contributed by atoms with van der Waals surface area (Å²) in [6, 6.07) is 0.885. The summed E-state index contributed by atoms with van der Waals surface area (Å²) >= 11 is 0. The van der Waals surface area contributed by atoms with Crippen molar-refractivity contribution in [2.75, 3.05) is 21.3 Å². The quantitative estimate of drug-likeness (QED) is 0.625. The lowest BCUT2D eigenvalue weighted by Crippen LogP contribution is -2.42. The smallest absolute Gasteiger partial charge is 0.377 e. The average molecular weight is 198 g/mol. The molecule has 0 heterocycles. The molecule has 0 amide bonds. The van der Waals surface area contributed by atoms with Crippen LogP contribution < -0.4 is 0 Å². The Balaban J connectivity index is 0. The van der Waals surface area contributed by atoms with Crippen LogP contribution in [-0.4, -0.2) is 30.1 Å². The van der Waals surface area contributed by atoms with Gasteiger partial charge in [-0.05, 0) is 0 Å². The zero-order valence-electron chi connectivity index (χ0n) is 7.64. The average Bonchev–Trinajstić information content (AvgIpc) is 2.01. The van der Waals surface area contributed by atoms with Gasteiger partial charge in [0.15, 0.2) is 0 Å². The van der Waals surface area contributed by atoms with Crippen LogP contribution >= 0.6 is 13.5 Å². The van der Waals surface area contributed by atoms with Gasteiger partial charge >= 0.3 is 8.80 Å². The first-order valence-corrected chi connectivity index (χ1v) is 5.33. The SMILES string of the molecule is CCC[Si](OC)(OC)OC.S. The van der Waals surface area contributed by atoms with Crippen LogP contribution in [-0.2, 0) is 13.3 Å². The molecule has 0 aromatic carbocycles. The minimum Gasteiger partial charge on any atom is -0.377 e. The lowest BCUT2D eigenvalue weighted by Gasteiger charge is -2.23. The number of rotatable bonds is 5. The molecular weight excluding hydrogens is 180 g/mol. The maximum atomic E-state index is 5.17. The third-order valence-electron chi connectivity index (χ3n) is 1.49. The number of hydrogen-bond acceptors (Lipinski definition) is 3. The monoisotopic (exact) mass is 198 g/mol. The van der Waals surface area contributed by atoms with Crippen molar-refractivity contribution in [3.8, 4) is 0 Å². The normalized spacial score (nSPS) is 10.9.